The van der Waals surface area contributed by atoms with Crippen LogP contribution < -0.4 is 0 Å². The van der Waals surface area contributed by atoms with Crippen LogP contribution in [0.4, 0.5) is 8.78 Å². The maximum Gasteiger partial charge on any atom is 0.169 e. The summed E-state index contributed by atoms with van der Waals surface area (Å²) >= 11 is 0. The van der Waals surface area contributed by atoms with Gasteiger partial charge in [0, 0.05) is 25.3 Å². The fraction of sp³-hybridized carbons (Fsp3) is 0.625. The van der Waals surface area contributed by atoms with Crippen LogP contribution in [-0.2, 0) is 9.84 Å². The number of nitrogens with zero attached hydrogens (tertiary/aromatic N) is 1. The van der Waals surface area contributed by atoms with Crippen LogP contribution in [0.5, 0.6) is 0 Å². The van der Waals surface area contributed by atoms with Crippen molar-refractivity contribution in [1.29, 1.82) is 0 Å². The summed E-state index contributed by atoms with van der Waals surface area (Å²) < 4.78 is 48.2. The Kier molecular flexibility index (Phi) is 3.04. The zero-order chi connectivity index (χ0) is 10.8. The van der Waals surface area contributed by atoms with E-state index < -0.39 is 21.3 Å². The molecule has 0 aromatic carbocycles. The highest BCUT2D eigenvalue weighted by Gasteiger charge is 2.36. The van der Waals surface area contributed by atoms with Crippen molar-refractivity contribution in [2.24, 2.45) is 4.99 Å². The molecule has 14 heavy (non-hydrogen) atoms. The van der Waals surface area contributed by atoms with E-state index >= 15 is 0 Å². The zero-order valence-electron chi connectivity index (χ0n) is 7.70. The number of hydrogen-bond donors (Lipinski definition) is 0. The Morgan fingerprint density at radius 3 is 2.79 bits per heavy atom. The molecular weight excluding hydrogens is 212 g/mol. The van der Waals surface area contributed by atoms with Crippen molar-refractivity contribution < 1.29 is 17.2 Å². The highest BCUT2D eigenvalue weighted by atomic mass is 32.2. The van der Waals surface area contributed by atoms with Gasteiger partial charge in [0.1, 0.15) is 9.84 Å². The van der Waals surface area contributed by atoms with Gasteiger partial charge in [0.15, 0.2) is 11.5 Å². The van der Waals surface area contributed by atoms with E-state index in [1.807, 2.05) is 0 Å². The Morgan fingerprint density at radius 2 is 2.29 bits per heavy atom. The number of halogens is 2. The largest absolute Gasteiger partial charge is 0.266 e. The minimum Gasteiger partial charge on any atom is -0.266 e. The van der Waals surface area contributed by atoms with E-state index in [2.05, 4.69) is 4.99 Å². The summed E-state index contributed by atoms with van der Waals surface area (Å²) in [6.45, 7) is 0. The monoisotopic (exact) mass is 223 g/mol. The van der Waals surface area contributed by atoms with Crippen LogP contribution in [0.25, 0.3) is 0 Å². The summed E-state index contributed by atoms with van der Waals surface area (Å²) in [5.41, 5.74) is -2.19. The van der Waals surface area contributed by atoms with Crippen molar-refractivity contribution >= 4 is 16.1 Å². The average molecular weight is 223 g/mol. The maximum absolute atomic E-state index is 13.7. The van der Waals surface area contributed by atoms with E-state index in [1.165, 1.54) is 6.21 Å². The van der Waals surface area contributed by atoms with Crippen molar-refractivity contribution in [3.63, 3.8) is 0 Å². The lowest BCUT2D eigenvalue weighted by Crippen LogP contribution is -2.29. The van der Waals surface area contributed by atoms with E-state index in [4.69, 9.17) is 0 Å². The van der Waals surface area contributed by atoms with E-state index in [1.54, 1.807) is 0 Å². The van der Waals surface area contributed by atoms with E-state index in [-0.39, 0.29) is 18.6 Å². The first-order valence-corrected chi connectivity index (χ1v) is 6.14. The summed E-state index contributed by atoms with van der Waals surface area (Å²) in [7, 11) is -3.26. The average Bonchev–Trinajstić information content (AvgIpc) is 2.06. The van der Waals surface area contributed by atoms with Crippen LogP contribution in [0.1, 0.15) is 12.8 Å². The van der Waals surface area contributed by atoms with Gasteiger partial charge in [-0.3, -0.25) is 4.99 Å². The molecule has 0 aliphatic carbocycles. The molecule has 0 bridgehead atoms. The van der Waals surface area contributed by atoms with Gasteiger partial charge in [-0.15, -0.1) is 0 Å². The third-order valence-corrected chi connectivity index (χ3v) is 2.95. The Balaban J connectivity index is 2.68. The van der Waals surface area contributed by atoms with Gasteiger partial charge in [0.05, 0.1) is 12.0 Å². The smallest absolute Gasteiger partial charge is 0.169 e. The summed E-state index contributed by atoms with van der Waals surface area (Å²) in [6, 6.07) is 0. The number of alkyl halides is 1. The van der Waals surface area contributed by atoms with Crippen molar-refractivity contribution in [3.8, 4) is 0 Å². The molecule has 1 unspecified atom stereocenters. The van der Waals surface area contributed by atoms with Gasteiger partial charge in [-0.05, 0) is 0 Å². The lowest BCUT2D eigenvalue weighted by atomic mass is 9.97. The van der Waals surface area contributed by atoms with Crippen molar-refractivity contribution in [2.45, 2.75) is 18.5 Å². The zero-order valence-corrected chi connectivity index (χ0v) is 8.52. The lowest BCUT2D eigenvalue weighted by molar-refractivity contribution is 0.176. The molecule has 0 aromatic heterocycles. The minimum atomic E-state index is -3.26. The van der Waals surface area contributed by atoms with Crippen molar-refractivity contribution in [2.75, 3.05) is 12.0 Å². The Labute approximate surface area is 81.5 Å². The lowest BCUT2D eigenvalue weighted by Gasteiger charge is -2.22. The van der Waals surface area contributed by atoms with Crippen LogP contribution in [0.15, 0.2) is 17.0 Å². The topological polar surface area (TPSA) is 46.5 Å². The molecule has 0 amide bonds. The van der Waals surface area contributed by atoms with Gasteiger partial charge in [0.2, 0.25) is 0 Å². The molecular formula is C8H11F2NO2S. The van der Waals surface area contributed by atoms with Crippen LogP contribution in [-0.4, -0.2) is 32.3 Å². The molecule has 0 saturated carbocycles. The van der Waals surface area contributed by atoms with E-state index in [0.29, 0.717) is 0 Å². The Hall–Kier alpha value is -0.780. The number of sulfone groups is 1. The molecule has 3 nitrogen and oxygen atoms in total. The minimum absolute atomic E-state index is 0.204. The van der Waals surface area contributed by atoms with Crippen LogP contribution in [0, 0.1) is 0 Å². The van der Waals surface area contributed by atoms with Crippen LogP contribution in [0.2, 0.25) is 0 Å². The van der Waals surface area contributed by atoms with Gasteiger partial charge < -0.3 is 0 Å². The highest BCUT2D eigenvalue weighted by Crippen LogP contribution is 2.32. The van der Waals surface area contributed by atoms with E-state index in [9.17, 15) is 17.2 Å². The molecule has 1 aliphatic rings. The normalized spacial score (nSPS) is 27.5. The standard InChI is InChI=1S/C8H11F2NO2S/c1-14(12,13)5-3-8(10)2-4-11-6-7(8)9/h4,6H,2-3,5H2,1H3. The second kappa shape index (κ2) is 3.76. The Morgan fingerprint density at radius 1 is 1.64 bits per heavy atom. The predicted octanol–water partition coefficient (Wildman–Crippen LogP) is 1.41. The number of hydrogen-bond acceptors (Lipinski definition) is 3. The summed E-state index contributed by atoms with van der Waals surface area (Å²) in [5, 5.41) is 0. The molecule has 0 saturated heterocycles. The van der Waals surface area contributed by atoms with Crippen molar-refractivity contribution in [1.82, 2.24) is 0 Å². The van der Waals surface area contributed by atoms with Crippen LogP contribution >= 0.6 is 0 Å². The first-order valence-electron chi connectivity index (χ1n) is 4.08. The second-order valence-corrected chi connectivity index (χ2v) is 5.62. The maximum atomic E-state index is 13.7. The number of rotatable bonds is 3. The van der Waals surface area contributed by atoms with Crippen LogP contribution in [0.3, 0.4) is 0 Å². The fourth-order valence-corrected chi connectivity index (χ4v) is 1.79. The SMILES string of the molecule is CS(=O)(=O)CCC1(F)CC=NC=C1F. The third kappa shape index (κ3) is 2.87. The van der Waals surface area contributed by atoms with Gasteiger partial charge in [0.25, 0.3) is 0 Å². The predicted molar refractivity (Wildman–Crippen MR) is 50.5 cm³/mol. The quantitative estimate of drug-likeness (QED) is 0.726. The van der Waals surface area contributed by atoms with Gasteiger partial charge in [-0.1, -0.05) is 0 Å². The number of aliphatic imine (C=N–C) groups is 1. The van der Waals surface area contributed by atoms with E-state index in [0.717, 1.165) is 12.5 Å². The van der Waals surface area contributed by atoms with Gasteiger partial charge in [-0.2, -0.15) is 0 Å². The summed E-state index contributed by atoms with van der Waals surface area (Å²) in [6.07, 6.45) is 2.46. The summed E-state index contributed by atoms with van der Waals surface area (Å²) in [4.78, 5) is 3.45. The molecule has 0 spiro atoms. The Bertz CT molecular complexity index is 375. The first-order chi connectivity index (χ1) is 6.33. The molecule has 80 valence electrons. The highest BCUT2D eigenvalue weighted by molar-refractivity contribution is 7.90. The summed E-state index contributed by atoms with van der Waals surface area (Å²) in [5.74, 6) is -1.36. The third-order valence-electron chi connectivity index (χ3n) is 2.01. The molecule has 0 aromatic rings. The van der Waals surface area contributed by atoms with Gasteiger partial charge in [-0.25, -0.2) is 17.2 Å². The molecule has 1 heterocycles. The molecule has 0 radical (unpaired) electrons. The fourth-order valence-electron chi connectivity index (χ4n) is 1.10. The first kappa shape index (κ1) is 11.3. The molecule has 1 rings (SSSR count). The molecule has 1 atom stereocenters. The van der Waals surface area contributed by atoms with Crippen molar-refractivity contribution in [3.05, 3.63) is 12.0 Å². The second-order valence-electron chi connectivity index (χ2n) is 3.36. The van der Waals surface area contributed by atoms with Gasteiger partial charge >= 0.3 is 0 Å². The molecule has 1 aliphatic heterocycles. The number of allylic oxidation sites excluding steroid dienone is 1. The molecule has 0 fully saturated rings. The molecule has 6 heteroatoms. The molecule has 0 N–H and O–H groups in total.